The fourth-order valence-electron chi connectivity index (χ4n) is 1.56. The van der Waals surface area contributed by atoms with Crippen molar-refractivity contribution in [3.05, 3.63) is 40.4 Å². The predicted molar refractivity (Wildman–Crippen MR) is 79.6 cm³/mol. The van der Waals surface area contributed by atoms with Crippen molar-refractivity contribution in [2.45, 2.75) is 27.2 Å². The van der Waals surface area contributed by atoms with E-state index in [0.29, 0.717) is 18.8 Å². The van der Waals surface area contributed by atoms with Crippen LogP contribution in [0.1, 0.15) is 26.3 Å². The Bertz CT molecular complexity index is 492. The van der Waals surface area contributed by atoms with Crippen LogP contribution in [0.25, 0.3) is 0 Å². The predicted octanol–water partition coefficient (Wildman–Crippen LogP) is 4.06. The highest BCUT2D eigenvalue weighted by Gasteiger charge is 2.28. The van der Waals surface area contributed by atoms with E-state index in [1.54, 1.807) is 13.8 Å². The number of hydrogen-bond donors (Lipinski definition) is 1. The monoisotopic (exact) mass is 326 g/mol. The first-order valence-corrected chi connectivity index (χ1v) is 6.81. The number of hydrogen-bond acceptors (Lipinski definition) is 2. The fourth-order valence-corrected chi connectivity index (χ4v) is 2.08. The zero-order chi connectivity index (χ0) is 14.6. The molecule has 0 aliphatic rings. The van der Waals surface area contributed by atoms with Crippen LogP contribution in [0.15, 0.2) is 34.8 Å². The molecule has 0 aromatic heterocycles. The molecular weight excluding hydrogens is 308 g/mol. The van der Waals surface area contributed by atoms with E-state index in [0.717, 1.165) is 15.6 Å². The van der Waals surface area contributed by atoms with Crippen molar-refractivity contribution in [3.63, 3.8) is 0 Å². The lowest BCUT2D eigenvalue weighted by atomic mass is 9.86. The Morgan fingerprint density at radius 2 is 2.11 bits per heavy atom. The van der Waals surface area contributed by atoms with Gasteiger partial charge >= 0.3 is 5.97 Å². The van der Waals surface area contributed by atoms with Crippen molar-refractivity contribution in [1.29, 1.82) is 0 Å². The molecule has 1 N–H and O–H groups in total. The summed E-state index contributed by atoms with van der Waals surface area (Å²) >= 11 is 3.49. The van der Waals surface area contributed by atoms with Crippen LogP contribution in [0.5, 0.6) is 5.75 Å². The van der Waals surface area contributed by atoms with E-state index < -0.39 is 11.4 Å². The van der Waals surface area contributed by atoms with E-state index in [9.17, 15) is 9.90 Å². The summed E-state index contributed by atoms with van der Waals surface area (Å²) in [6.07, 6.45) is 0.438. The molecule has 104 valence electrons. The lowest BCUT2D eigenvalue weighted by Crippen LogP contribution is -2.26. The van der Waals surface area contributed by atoms with Crippen LogP contribution in [-0.2, 0) is 11.2 Å². The van der Waals surface area contributed by atoms with Gasteiger partial charge in [-0.3, -0.25) is 4.79 Å². The minimum Gasteiger partial charge on any atom is -0.488 e. The van der Waals surface area contributed by atoms with Gasteiger partial charge in [0.25, 0.3) is 0 Å². The number of carboxylic acid groups (broad SMARTS) is 1. The van der Waals surface area contributed by atoms with Gasteiger partial charge in [0.15, 0.2) is 0 Å². The topological polar surface area (TPSA) is 46.5 Å². The average molecular weight is 327 g/mol. The van der Waals surface area contributed by atoms with Crippen molar-refractivity contribution >= 4 is 21.9 Å². The van der Waals surface area contributed by atoms with Gasteiger partial charge in [0.05, 0.1) is 9.89 Å². The van der Waals surface area contributed by atoms with Gasteiger partial charge in [0.2, 0.25) is 0 Å². The van der Waals surface area contributed by atoms with E-state index in [2.05, 4.69) is 22.5 Å². The number of carbonyl (C=O) groups is 1. The molecule has 3 nitrogen and oxygen atoms in total. The number of benzene rings is 1. The molecule has 0 amide bonds. The van der Waals surface area contributed by atoms with Gasteiger partial charge in [-0.1, -0.05) is 18.7 Å². The number of rotatable bonds is 6. The van der Waals surface area contributed by atoms with Crippen LogP contribution in [-0.4, -0.2) is 17.7 Å². The quantitative estimate of drug-likeness (QED) is 0.802. The Hall–Kier alpha value is -1.29. The maximum Gasteiger partial charge on any atom is 0.309 e. The van der Waals surface area contributed by atoms with E-state index in [-0.39, 0.29) is 0 Å². The average Bonchev–Trinajstić information content (AvgIpc) is 2.29. The molecule has 19 heavy (non-hydrogen) atoms. The largest absolute Gasteiger partial charge is 0.488 e. The molecule has 0 aliphatic carbocycles. The van der Waals surface area contributed by atoms with E-state index >= 15 is 0 Å². The second-order valence-corrected chi connectivity index (χ2v) is 6.13. The van der Waals surface area contributed by atoms with Gasteiger partial charge in [-0.25, -0.2) is 0 Å². The Morgan fingerprint density at radius 3 is 2.63 bits per heavy atom. The molecule has 0 heterocycles. The lowest BCUT2D eigenvalue weighted by Gasteiger charge is -2.20. The zero-order valence-electron chi connectivity index (χ0n) is 11.5. The first kappa shape index (κ1) is 15.8. The van der Waals surface area contributed by atoms with Gasteiger partial charge in [0, 0.05) is 0 Å². The summed E-state index contributed by atoms with van der Waals surface area (Å²) in [7, 11) is 0. The summed E-state index contributed by atoms with van der Waals surface area (Å²) in [4.78, 5) is 11.2. The van der Waals surface area contributed by atoms with Gasteiger partial charge in [-0.2, -0.15) is 0 Å². The van der Waals surface area contributed by atoms with Crippen molar-refractivity contribution in [1.82, 2.24) is 0 Å². The highest BCUT2D eigenvalue weighted by molar-refractivity contribution is 9.10. The summed E-state index contributed by atoms with van der Waals surface area (Å²) in [5, 5.41) is 9.18. The number of ether oxygens (including phenoxy) is 1. The third-order valence-electron chi connectivity index (χ3n) is 2.73. The summed E-state index contributed by atoms with van der Waals surface area (Å²) in [6, 6.07) is 5.62. The molecule has 0 saturated carbocycles. The Labute approximate surface area is 122 Å². The first-order chi connectivity index (χ1) is 8.74. The standard InChI is InChI=1S/C15H19BrO3/c1-10(2)9-19-12-7-5-6-11(13(12)16)8-15(3,4)14(17)18/h5-7H,1,8-9H2,2-4H3,(H,17,18). The van der Waals surface area contributed by atoms with E-state index in [1.807, 2.05) is 25.1 Å². The highest BCUT2D eigenvalue weighted by atomic mass is 79.9. The van der Waals surface area contributed by atoms with Crippen LogP contribution in [0.2, 0.25) is 0 Å². The number of halogens is 1. The number of carboxylic acids is 1. The van der Waals surface area contributed by atoms with Crippen LogP contribution in [0, 0.1) is 5.41 Å². The van der Waals surface area contributed by atoms with Crippen LogP contribution in [0.3, 0.4) is 0 Å². The maximum absolute atomic E-state index is 11.2. The van der Waals surface area contributed by atoms with Gasteiger partial charge < -0.3 is 9.84 Å². The third-order valence-corrected chi connectivity index (χ3v) is 3.63. The molecule has 0 spiro atoms. The summed E-state index contributed by atoms with van der Waals surface area (Å²) < 4.78 is 6.43. The van der Waals surface area contributed by atoms with Crippen LogP contribution < -0.4 is 4.74 Å². The minimum absolute atomic E-state index is 0.438. The van der Waals surface area contributed by atoms with Crippen LogP contribution >= 0.6 is 15.9 Å². The van der Waals surface area contributed by atoms with Crippen LogP contribution in [0.4, 0.5) is 0 Å². The zero-order valence-corrected chi connectivity index (χ0v) is 13.1. The first-order valence-electron chi connectivity index (χ1n) is 6.02. The molecule has 4 heteroatoms. The molecule has 0 unspecified atom stereocenters. The molecular formula is C15H19BrO3. The Balaban J connectivity index is 2.94. The van der Waals surface area contributed by atoms with E-state index in [1.165, 1.54) is 0 Å². The Morgan fingerprint density at radius 1 is 1.47 bits per heavy atom. The highest BCUT2D eigenvalue weighted by Crippen LogP contribution is 2.33. The third kappa shape index (κ3) is 4.39. The molecule has 0 aliphatic heterocycles. The fraction of sp³-hybridized carbons (Fsp3) is 0.400. The molecule has 1 aromatic carbocycles. The molecule has 1 aromatic rings. The molecule has 1 rings (SSSR count). The molecule has 0 atom stereocenters. The second-order valence-electron chi connectivity index (χ2n) is 5.34. The second kappa shape index (κ2) is 6.24. The van der Waals surface area contributed by atoms with E-state index in [4.69, 9.17) is 4.74 Å². The molecule has 0 fully saturated rings. The van der Waals surface area contributed by atoms with Gasteiger partial charge in [-0.15, -0.1) is 0 Å². The van der Waals surface area contributed by atoms with Crippen molar-refractivity contribution in [3.8, 4) is 5.75 Å². The maximum atomic E-state index is 11.2. The number of aliphatic carboxylic acids is 1. The van der Waals surface area contributed by atoms with Gasteiger partial charge in [0.1, 0.15) is 12.4 Å². The summed E-state index contributed by atoms with van der Waals surface area (Å²) in [5.41, 5.74) is 1.05. The van der Waals surface area contributed by atoms with Gasteiger partial charge in [-0.05, 0) is 60.3 Å². The van der Waals surface area contributed by atoms with Crippen molar-refractivity contribution in [2.75, 3.05) is 6.61 Å². The molecule has 0 saturated heterocycles. The Kier molecular flexibility index (Phi) is 5.18. The SMILES string of the molecule is C=C(C)COc1cccc(CC(C)(C)C(=O)O)c1Br. The summed E-state index contributed by atoms with van der Waals surface area (Å²) in [6.45, 7) is 9.55. The lowest BCUT2D eigenvalue weighted by molar-refractivity contribution is -0.146. The minimum atomic E-state index is -0.812. The smallest absolute Gasteiger partial charge is 0.309 e. The molecule has 0 radical (unpaired) electrons. The van der Waals surface area contributed by atoms with Crippen molar-refractivity contribution in [2.24, 2.45) is 5.41 Å². The normalized spacial score (nSPS) is 11.2. The molecule has 0 bridgehead atoms. The van der Waals surface area contributed by atoms with Crippen molar-refractivity contribution < 1.29 is 14.6 Å². The summed E-state index contributed by atoms with van der Waals surface area (Å²) in [5.74, 6) is -0.102.